The zero-order valence-electron chi connectivity index (χ0n) is 22.6. The summed E-state index contributed by atoms with van der Waals surface area (Å²) in [6.07, 6.45) is 8.04. The van der Waals surface area contributed by atoms with Crippen molar-refractivity contribution in [3.63, 3.8) is 0 Å². The zero-order valence-corrected chi connectivity index (χ0v) is 22.6. The van der Waals surface area contributed by atoms with Crippen LogP contribution in [0.4, 0.5) is 11.4 Å². The second kappa shape index (κ2) is 11.2. The SMILES string of the molecule is CCN(CC)c1ccc(/C=N\NC(=O)[C@H](NC(=O)c2ccc([N+](=O)[O-])cc2)C23CC4CC(CC(C4)C2)C3)cc1. The molecule has 4 fully saturated rings. The Morgan fingerprint density at radius 3 is 2.08 bits per heavy atom. The third-order valence-electron chi connectivity index (χ3n) is 8.99. The van der Waals surface area contributed by atoms with Gasteiger partial charge < -0.3 is 10.2 Å². The Balaban J connectivity index is 1.33. The number of nitrogens with one attached hydrogen (secondary N) is 2. The van der Waals surface area contributed by atoms with Gasteiger partial charge in [-0.1, -0.05) is 12.1 Å². The van der Waals surface area contributed by atoms with Crippen LogP contribution >= 0.6 is 0 Å². The van der Waals surface area contributed by atoms with Crippen LogP contribution in [-0.2, 0) is 4.79 Å². The molecule has 0 unspecified atom stereocenters. The number of nitrogens with zero attached hydrogens (tertiary/aromatic N) is 3. The molecule has 4 bridgehead atoms. The molecule has 0 aromatic heterocycles. The minimum absolute atomic E-state index is 0.0820. The Hall–Kier alpha value is -3.75. The van der Waals surface area contributed by atoms with Crippen LogP contribution in [0.2, 0.25) is 0 Å². The fraction of sp³-hybridized carbons (Fsp3) is 0.500. The number of hydrogen-bond acceptors (Lipinski definition) is 6. The molecule has 4 aliphatic rings. The van der Waals surface area contributed by atoms with E-state index in [1.807, 2.05) is 24.3 Å². The summed E-state index contributed by atoms with van der Waals surface area (Å²) in [6, 6.07) is 12.8. The summed E-state index contributed by atoms with van der Waals surface area (Å²) in [4.78, 5) is 39.7. The molecule has 2 aromatic carbocycles. The number of nitro groups is 1. The number of hydrogen-bond donors (Lipinski definition) is 2. The second-order valence-corrected chi connectivity index (χ2v) is 11.5. The predicted octanol–water partition coefficient (Wildman–Crippen LogP) is 4.91. The predicted molar refractivity (Wildman–Crippen MR) is 151 cm³/mol. The largest absolute Gasteiger partial charge is 0.372 e. The van der Waals surface area contributed by atoms with Gasteiger partial charge in [-0.05, 0) is 100.0 Å². The number of carbonyl (C=O) groups is 2. The van der Waals surface area contributed by atoms with Gasteiger partial charge in [0.15, 0.2) is 0 Å². The normalized spacial score (nSPS) is 25.8. The van der Waals surface area contributed by atoms with Crippen LogP contribution in [0.5, 0.6) is 0 Å². The van der Waals surface area contributed by atoms with Gasteiger partial charge in [-0.3, -0.25) is 19.7 Å². The van der Waals surface area contributed by atoms with Crippen molar-refractivity contribution in [2.75, 3.05) is 18.0 Å². The average Bonchev–Trinajstić information content (AvgIpc) is 2.92. The highest BCUT2D eigenvalue weighted by Gasteiger charge is 2.56. The first-order valence-electron chi connectivity index (χ1n) is 14.0. The van der Waals surface area contributed by atoms with Gasteiger partial charge in [0.25, 0.3) is 17.5 Å². The van der Waals surface area contributed by atoms with Crippen LogP contribution in [0.3, 0.4) is 0 Å². The van der Waals surface area contributed by atoms with E-state index < -0.39 is 16.9 Å². The lowest BCUT2D eigenvalue weighted by Crippen LogP contribution is -2.61. The van der Waals surface area contributed by atoms with Crippen LogP contribution in [0, 0.1) is 33.3 Å². The van der Waals surface area contributed by atoms with Crippen LogP contribution < -0.4 is 15.6 Å². The minimum Gasteiger partial charge on any atom is -0.372 e. The number of non-ortho nitro benzene ring substituents is 1. The number of anilines is 1. The van der Waals surface area contributed by atoms with Gasteiger partial charge in [0.1, 0.15) is 6.04 Å². The Morgan fingerprint density at radius 2 is 1.56 bits per heavy atom. The van der Waals surface area contributed by atoms with Crippen molar-refractivity contribution in [2.24, 2.45) is 28.3 Å². The molecule has 0 heterocycles. The molecule has 6 rings (SSSR count). The van der Waals surface area contributed by atoms with Crippen LogP contribution in [0.25, 0.3) is 0 Å². The average molecular weight is 532 g/mol. The molecule has 0 radical (unpaired) electrons. The molecule has 0 saturated heterocycles. The summed E-state index contributed by atoms with van der Waals surface area (Å²) in [6.45, 7) is 6.10. The van der Waals surface area contributed by atoms with Gasteiger partial charge >= 0.3 is 0 Å². The Kier molecular flexibility index (Phi) is 7.68. The van der Waals surface area contributed by atoms with E-state index in [0.717, 1.165) is 43.6 Å². The summed E-state index contributed by atoms with van der Waals surface area (Å²) in [7, 11) is 0. The third kappa shape index (κ3) is 5.67. The molecule has 1 atom stereocenters. The van der Waals surface area contributed by atoms with Crippen LogP contribution in [0.15, 0.2) is 53.6 Å². The maximum atomic E-state index is 13.6. The number of nitro benzene ring substituents is 1. The van der Waals surface area contributed by atoms with Gasteiger partial charge in [0.2, 0.25) is 0 Å². The maximum Gasteiger partial charge on any atom is 0.269 e. The number of amides is 2. The highest BCUT2D eigenvalue weighted by atomic mass is 16.6. The van der Waals surface area contributed by atoms with Crippen molar-refractivity contribution < 1.29 is 14.5 Å². The molecule has 0 aliphatic heterocycles. The first kappa shape index (κ1) is 26.8. The van der Waals surface area contributed by atoms with Gasteiger partial charge in [-0.2, -0.15) is 5.10 Å². The molecular formula is C30H37N5O4. The second-order valence-electron chi connectivity index (χ2n) is 11.5. The molecule has 4 aliphatic carbocycles. The van der Waals surface area contributed by atoms with E-state index in [9.17, 15) is 19.7 Å². The summed E-state index contributed by atoms with van der Waals surface area (Å²) < 4.78 is 0. The molecular weight excluding hydrogens is 494 g/mol. The van der Waals surface area contributed by atoms with E-state index in [1.54, 1.807) is 6.21 Å². The van der Waals surface area contributed by atoms with Crippen molar-refractivity contribution in [1.82, 2.24) is 10.7 Å². The number of rotatable bonds is 10. The van der Waals surface area contributed by atoms with Crippen molar-refractivity contribution in [2.45, 2.75) is 58.4 Å². The Morgan fingerprint density at radius 1 is 1.00 bits per heavy atom. The van der Waals surface area contributed by atoms with E-state index >= 15 is 0 Å². The highest BCUT2D eigenvalue weighted by Crippen LogP contribution is 2.61. The van der Waals surface area contributed by atoms with E-state index in [2.05, 4.69) is 34.6 Å². The molecule has 2 N–H and O–H groups in total. The Bertz CT molecular complexity index is 1200. The minimum atomic E-state index is -0.726. The van der Waals surface area contributed by atoms with Crippen molar-refractivity contribution >= 4 is 29.4 Å². The maximum absolute atomic E-state index is 13.6. The van der Waals surface area contributed by atoms with Crippen molar-refractivity contribution in [3.8, 4) is 0 Å². The lowest BCUT2D eigenvalue weighted by molar-refractivity contribution is -0.384. The molecule has 4 saturated carbocycles. The quantitative estimate of drug-likeness (QED) is 0.257. The summed E-state index contributed by atoms with van der Waals surface area (Å²) in [5, 5.41) is 18.3. The molecule has 0 spiro atoms. The summed E-state index contributed by atoms with van der Waals surface area (Å²) >= 11 is 0. The molecule has 39 heavy (non-hydrogen) atoms. The fourth-order valence-corrected chi connectivity index (χ4v) is 7.57. The van der Waals surface area contributed by atoms with E-state index in [1.165, 1.54) is 43.5 Å². The van der Waals surface area contributed by atoms with Crippen LogP contribution in [-0.4, -0.2) is 42.1 Å². The zero-order chi connectivity index (χ0) is 27.6. The lowest BCUT2D eigenvalue weighted by Gasteiger charge is -2.58. The molecule has 9 heteroatoms. The molecule has 2 aromatic rings. The van der Waals surface area contributed by atoms with E-state index in [0.29, 0.717) is 23.3 Å². The molecule has 2 amide bonds. The molecule has 9 nitrogen and oxygen atoms in total. The van der Waals surface area contributed by atoms with E-state index in [-0.39, 0.29) is 17.0 Å². The summed E-state index contributed by atoms with van der Waals surface area (Å²) in [5.74, 6) is 1.06. The third-order valence-corrected chi connectivity index (χ3v) is 8.99. The number of benzene rings is 2. The van der Waals surface area contributed by atoms with Crippen molar-refractivity contribution in [1.29, 1.82) is 0 Å². The lowest BCUT2D eigenvalue weighted by atomic mass is 9.47. The first-order chi connectivity index (χ1) is 18.8. The fourth-order valence-electron chi connectivity index (χ4n) is 7.57. The standard InChI is InChI=1S/C30H37N5O4/c1-3-34(4-2)25-9-5-20(6-10-25)19-31-33-29(37)27(30-16-21-13-22(17-30)15-23(14-21)18-30)32-28(36)24-7-11-26(12-8-24)35(38)39/h5-12,19,21-23,27H,3-4,13-18H2,1-2H3,(H,32,36)(H,33,37)/b31-19-/t21?,22?,23?,27-,30?/m0/s1. The Labute approximate surface area is 229 Å². The smallest absolute Gasteiger partial charge is 0.269 e. The highest BCUT2D eigenvalue weighted by molar-refractivity contribution is 5.98. The van der Waals surface area contributed by atoms with Gasteiger partial charge in [-0.15, -0.1) is 0 Å². The van der Waals surface area contributed by atoms with E-state index in [4.69, 9.17) is 0 Å². The number of hydrazone groups is 1. The molecule has 206 valence electrons. The number of carbonyl (C=O) groups excluding carboxylic acids is 2. The van der Waals surface area contributed by atoms with Gasteiger partial charge in [0, 0.05) is 41.9 Å². The topological polar surface area (TPSA) is 117 Å². The van der Waals surface area contributed by atoms with Crippen molar-refractivity contribution in [3.05, 3.63) is 69.8 Å². The monoisotopic (exact) mass is 531 g/mol. The van der Waals surface area contributed by atoms with Crippen LogP contribution in [0.1, 0.15) is 68.3 Å². The first-order valence-corrected chi connectivity index (χ1v) is 14.0. The van der Waals surface area contributed by atoms with Gasteiger partial charge in [-0.25, -0.2) is 5.43 Å². The summed E-state index contributed by atoms with van der Waals surface area (Å²) in [5.41, 5.74) is 4.63. The van der Waals surface area contributed by atoms with Gasteiger partial charge in [0.05, 0.1) is 11.1 Å².